The van der Waals surface area contributed by atoms with Crippen molar-refractivity contribution in [2.75, 3.05) is 43.5 Å². The van der Waals surface area contributed by atoms with Crippen LogP contribution in [0.15, 0.2) is 24.3 Å². The monoisotopic (exact) mass is 365 g/mol. The molecule has 4 rings (SSSR count). The number of rotatable bonds is 3. The Hall–Kier alpha value is -2.63. The first-order valence-corrected chi connectivity index (χ1v) is 9.71. The molecular formula is C21H27N5O. The molecule has 3 heterocycles. The van der Waals surface area contributed by atoms with E-state index in [1.165, 1.54) is 12.8 Å². The van der Waals surface area contributed by atoms with Crippen LogP contribution in [0.1, 0.15) is 40.2 Å². The van der Waals surface area contributed by atoms with Crippen molar-refractivity contribution in [2.24, 2.45) is 0 Å². The average Bonchev–Trinajstić information content (AvgIpc) is 3.22. The zero-order chi connectivity index (χ0) is 19.0. The number of fused-ring (bicyclic) bond motifs is 1. The summed E-state index contributed by atoms with van der Waals surface area (Å²) in [6.45, 7) is 5.43. The van der Waals surface area contributed by atoms with Gasteiger partial charge >= 0.3 is 0 Å². The maximum Gasteiger partial charge on any atom is 0.254 e. The zero-order valence-electron chi connectivity index (χ0n) is 16.4. The fourth-order valence-electron chi connectivity index (χ4n) is 3.89. The molecule has 0 atom stereocenters. The highest BCUT2D eigenvalue weighted by Crippen LogP contribution is 2.25. The lowest BCUT2D eigenvalue weighted by Crippen LogP contribution is -2.37. The number of hydrogen-bond donors (Lipinski definition) is 0. The lowest BCUT2D eigenvalue weighted by atomic mass is 10.0. The van der Waals surface area contributed by atoms with Gasteiger partial charge in [-0.3, -0.25) is 4.79 Å². The smallest absolute Gasteiger partial charge is 0.254 e. The van der Waals surface area contributed by atoms with E-state index in [4.69, 9.17) is 9.97 Å². The SMILES string of the molecule is Cc1nc(N2CCCC2)nc2c1CN(C(=O)c1cccc(N(C)C)c1)CC2. The first-order valence-electron chi connectivity index (χ1n) is 9.71. The molecule has 1 aromatic carbocycles. The van der Waals surface area contributed by atoms with Crippen molar-refractivity contribution in [1.82, 2.24) is 14.9 Å². The van der Waals surface area contributed by atoms with Crippen LogP contribution in [0.5, 0.6) is 0 Å². The van der Waals surface area contributed by atoms with Crippen molar-refractivity contribution in [3.8, 4) is 0 Å². The molecule has 0 unspecified atom stereocenters. The molecule has 0 spiro atoms. The summed E-state index contributed by atoms with van der Waals surface area (Å²) in [4.78, 5) is 28.8. The minimum atomic E-state index is 0.0763. The second-order valence-corrected chi connectivity index (χ2v) is 7.65. The van der Waals surface area contributed by atoms with E-state index in [2.05, 4.69) is 4.90 Å². The number of nitrogens with zero attached hydrogens (tertiary/aromatic N) is 5. The largest absolute Gasteiger partial charge is 0.378 e. The fraction of sp³-hybridized carbons (Fsp3) is 0.476. The van der Waals surface area contributed by atoms with Gasteiger partial charge in [0, 0.05) is 69.2 Å². The van der Waals surface area contributed by atoms with E-state index in [-0.39, 0.29) is 5.91 Å². The van der Waals surface area contributed by atoms with Crippen molar-refractivity contribution >= 4 is 17.5 Å². The van der Waals surface area contributed by atoms with E-state index < -0.39 is 0 Å². The lowest BCUT2D eigenvalue weighted by molar-refractivity contribution is 0.0733. The summed E-state index contributed by atoms with van der Waals surface area (Å²) in [6, 6.07) is 7.81. The molecule has 2 aliphatic heterocycles. The van der Waals surface area contributed by atoms with Crippen molar-refractivity contribution in [3.05, 3.63) is 46.8 Å². The predicted octanol–water partition coefficient (Wildman–Crippen LogP) is 2.65. The van der Waals surface area contributed by atoms with E-state index >= 15 is 0 Å². The van der Waals surface area contributed by atoms with Gasteiger partial charge in [0.25, 0.3) is 5.91 Å². The first kappa shape index (κ1) is 17.8. The van der Waals surface area contributed by atoms with E-state index in [1.54, 1.807) is 0 Å². The summed E-state index contributed by atoms with van der Waals surface area (Å²) < 4.78 is 0. The highest BCUT2D eigenvalue weighted by atomic mass is 16.2. The Morgan fingerprint density at radius 3 is 2.63 bits per heavy atom. The number of benzene rings is 1. The molecule has 6 heteroatoms. The van der Waals surface area contributed by atoms with Crippen LogP contribution < -0.4 is 9.80 Å². The van der Waals surface area contributed by atoms with Gasteiger partial charge in [-0.15, -0.1) is 0 Å². The third-order valence-electron chi connectivity index (χ3n) is 5.54. The Labute approximate surface area is 160 Å². The maximum absolute atomic E-state index is 13.0. The van der Waals surface area contributed by atoms with Crippen LogP contribution in [-0.2, 0) is 13.0 Å². The summed E-state index contributed by atoms with van der Waals surface area (Å²) in [5, 5.41) is 0. The zero-order valence-corrected chi connectivity index (χ0v) is 16.4. The quantitative estimate of drug-likeness (QED) is 0.837. The molecule has 2 aliphatic rings. The number of amides is 1. The molecule has 142 valence electrons. The molecule has 1 saturated heterocycles. The average molecular weight is 365 g/mol. The van der Waals surface area contributed by atoms with Gasteiger partial charge in [0.15, 0.2) is 0 Å². The van der Waals surface area contributed by atoms with Crippen LogP contribution in [0.2, 0.25) is 0 Å². The van der Waals surface area contributed by atoms with Gasteiger partial charge in [-0.25, -0.2) is 9.97 Å². The summed E-state index contributed by atoms with van der Waals surface area (Å²) in [6.07, 6.45) is 3.22. The molecule has 2 aromatic rings. The second kappa shape index (κ2) is 7.18. The first-order chi connectivity index (χ1) is 13.0. The van der Waals surface area contributed by atoms with Crippen LogP contribution in [0.4, 0.5) is 11.6 Å². The van der Waals surface area contributed by atoms with Crippen LogP contribution in [0.3, 0.4) is 0 Å². The Kier molecular flexibility index (Phi) is 4.72. The third-order valence-corrected chi connectivity index (χ3v) is 5.54. The number of aryl methyl sites for hydroxylation is 1. The van der Waals surface area contributed by atoms with Gasteiger partial charge in [-0.2, -0.15) is 0 Å². The van der Waals surface area contributed by atoms with Gasteiger partial charge < -0.3 is 14.7 Å². The topological polar surface area (TPSA) is 52.6 Å². The Morgan fingerprint density at radius 2 is 1.89 bits per heavy atom. The van der Waals surface area contributed by atoms with Crippen molar-refractivity contribution in [1.29, 1.82) is 0 Å². The number of carbonyl (C=O) groups excluding carboxylic acids is 1. The number of carbonyl (C=O) groups is 1. The van der Waals surface area contributed by atoms with Gasteiger partial charge in [0.2, 0.25) is 5.95 Å². The molecule has 27 heavy (non-hydrogen) atoms. The minimum Gasteiger partial charge on any atom is -0.378 e. The van der Waals surface area contributed by atoms with Crippen molar-refractivity contribution in [2.45, 2.75) is 32.7 Å². The van der Waals surface area contributed by atoms with Gasteiger partial charge in [0.1, 0.15) is 0 Å². The normalized spacial score (nSPS) is 16.4. The predicted molar refractivity (Wildman–Crippen MR) is 107 cm³/mol. The van der Waals surface area contributed by atoms with Gasteiger partial charge in [-0.1, -0.05) is 6.07 Å². The number of aromatic nitrogens is 2. The highest BCUT2D eigenvalue weighted by Gasteiger charge is 2.26. The molecule has 0 N–H and O–H groups in total. The van der Waals surface area contributed by atoms with Crippen molar-refractivity contribution < 1.29 is 4.79 Å². The summed E-state index contributed by atoms with van der Waals surface area (Å²) >= 11 is 0. The molecular weight excluding hydrogens is 338 g/mol. The molecule has 0 radical (unpaired) electrons. The Balaban J connectivity index is 1.56. The van der Waals surface area contributed by atoms with Crippen LogP contribution in [-0.4, -0.2) is 54.5 Å². The molecule has 1 fully saturated rings. The Bertz CT molecular complexity index is 858. The van der Waals surface area contributed by atoms with E-state index in [1.807, 2.05) is 55.1 Å². The number of anilines is 2. The highest BCUT2D eigenvalue weighted by molar-refractivity contribution is 5.95. The summed E-state index contributed by atoms with van der Waals surface area (Å²) in [5.74, 6) is 0.939. The van der Waals surface area contributed by atoms with E-state index in [9.17, 15) is 4.79 Å². The summed E-state index contributed by atoms with van der Waals surface area (Å²) in [7, 11) is 3.97. The molecule has 0 aliphatic carbocycles. The molecule has 1 amide bonds. The van der Waals surface area contributed by atoms with Crippen molar-refractivity contribution in [3.63, 3.8) is 0 Å². The maximum atomic E-state index is 13.0. The standard InChI is InChI=1S/C21H27N5O/c1-15-18-14-26(20(27)16-7-6-8-17(13-16)24(2)3)12-9-19(18)23-21(22-15)25-10-4-5-11-25/h6-8,13H,4-5,9-12,14H2,1-3H3. The number of hydrogen-bond acceptors (Lipinski definition) is 5. The van der Waals surface area contributed by atoms with E-state index in [0.717, 1.165) is 53.7 Å². The van der Waals surface area contributed by atoms with Crippen LogP contribution in [0, 0.1) is 6.92 Å². The van der Waals surface area contributed by atoms with Crippen LogP contribution >= 0.6 is 0 Å². The molecule has 1 aromatic heterocycles. The van der Waals surface area contributed by atoms with Crippen LogP contribution in [0.25, 0.3) is 0 Å². The lowest BCUT2D eigenvalue weighted by Gasteiger charge is -2.30. The minimum absolute atomic E-state index is 0.0763. The third kappa shape index (κ3) is 3.48. The molecule has 6 nitrogen and oxygen atoms in total. The van der Waals surface area contributed by atoms with Gasteiger partial charge in [0.05, 0.1) is 5.69 Å². The van der Waals surface area contributed by atoms with E-state index in [0.29, 0.717) is 13.1 Å². The Morgan fingerprint density at radius 1 is 1.11 bits per heavy atom. The second-order valence-electron chi connectivity index (χ2n) is 7.65. The molecule has 0 bridgehead atoms. The molecule has 0 saturated carbocycles. The summed E-state index contributed by atoms with van der Waals surface area (Å²) in [5.41, 5.74) is 4.99. The fourth-order valence-corrected chi connectivity index (χ4v) is 3.89. The van der Waals surface area contributed by atoms with Gasteiger partial charge in [-0.05, 0) is 38.0 Å².